The summed E-state index contributed by atoms with van der Waals surface area (Å²) in [6.07, 6.45) is 10.0. The molecule has 10 nitrogen and oxygen atoms in total. The second-order valence-corrected chi connectivity index (χ2v) is 10.1. The lowest BCUT2D eigenvalue weighted by Crippen LogP contribution is -2.38. The first-order valence-electron chi connectivity index (χ1n) is 12.0. The van der Waals surface area contributed by atoms with E-state index in [0.29, 0.717) is 35.7 Å². The first-order valence-corrected chi connectivity index (χ1v) is 12.0. The highest BCUT2D eigenvalue weighted by Crippen LogP contribution is 2.47. The second kappa shape index (κ2) is 9.27. The summed E-state index contributed by atoms with van der Waals surface area (Å²) in [5, 5.41) is 17.3. The Morgan fingerprint density at radius 3 is 2.28 bits per heavy atom. The van der Waals surface area contributed by atoms with Crippen LogP contribution >= 0.6 is 0 Å². The van der Waals surface area contributed by atoms with E-state index in [2.05, 4.69) is 61.6 Å². The van der Waals surface area contributed by atoms with E-state index in [1.807, 2.05) is 0 Å². The molecule has 3 aromatic heterocycles. The fourth-order valence-electron chi connectivity index (χ4n) is 4.40. The van der Waals surface area contributed by atoms with Crippen molar-refractivity contribution in [2.24, 2.45) is 5.92 Å². The maximum absolute atomic E-state index is 9.88. The second-order valence-electron chi connectivity index (χ2n) is 10.1. The summed E-state index contributed by atoms with van der Waals surface area (Å²) in [6, 6.07) is 8.35. The molecule has 1 aliphatic rings. The van der Waals surface area contributed by atoms with Gasteiger partial charge in [-0.3, -0.25) is 0 Å². The van der Waals surface area contributed by atoms with E-state index in [1.54, 1.807) is 38.6 Å². The van der Waals surface area contributed by atoms with Gasteiger partial charge in [0.05, 0.1) is 23.4 Å². The minimum absolute atomic E-state index is 0.255. The molecule has 1 fully saturated rings. The van der Waals surface area contributed by atoms with Gasteiger partial charge in [0.15, 0.2) is 5.82 Å². The lowest BCUT2D eigenvalue weighted by Gasteiger charge is -2.41. The number of aliphatic hydroxyl groups is 1. The highest BCUT2D eigenvalue weighted by molar-refractivity contribution is 5.62. The van der Waals surface area contributed by atoms with Crippen molar-refractivity contribution >= 4 is 11.8 Å². The van der Waals surface area contributed by atoms with Gasteiger partial charge in [-0.1, -0.05) is 35.8 Å². The monoisotopic (exact) mass is 486 g/mol. The SMILES string of the molecule is CC(C)(O)CNc1cnc(-c2nc(C(C)(c3ccc(-c4cnc(N)nc4)cc3)C3CCC3)no2)cn1. The molecule has 0 spiro atoms. The highest BCUT2D eigenvalue weighted by atomic mass is 16.5. The number of rotatable bonds is 8. The van der Waals surface area contributed by atoms with Crippen LogP contribution in [0.4, 0.5) is 11.8 Å². The number of hydrogen-bond donors (Lipinski definition) is 3. The molecule has 10 heteroatoms. The Morgan fingerprint density at radius 2 is 1.69 bits per heavy atom. The van der Waals surface area contributed by atoms with Gasteiger partial charge in [-0.2, -0.15) is 4.98 Å². The largest absolute Gasteiger partial charge is 0.389 e. The minimum Gasteiger partial charge on any atom is -0.389 e. The van der Waals surface area contributed by atoms with Crippen LogP contribution in [0.5, 0.6) is 0 Å². The molecule has 1 saturated carbocycles. The predicted octanol–water partition coefficient (Wildman–Crippen LogP) is 3.85. The van der Waals surface area contributed by atoms with Crippen LogP contribution in [0.15, 0.2) is 53.6 Å². The Kier molecular flexibility index (Phi) is 6.13. The minimum atomic E-state index is -0.852. The van der Waals surface area contributed by atoms with Crippen molar-refractivity contribution in [2.75, 3.05) is 17.6 Å². The molecule has 0 amide bonds. The molecule has 1 aromatic carbocycles. The lowest BCUT2D eigenvalue weighted by molar-refractivity contribution is 0.0944. The summed E-state index contributed by atoms with van der Waals surface area (Å²) in [5.41, 5.74) is 7.90. The molecule has 36 heavy (non-hydrogen) atoms. The molecule has 0 bridgehead atoms. The van der Waals surface area contributed by atoms with E-state index in [1.165, 1.54) is 6.42 Å². The zero-order valence-corrected chi connectivity index (χ0v) is 20.6. The molecule has 4 aromatic rings. The summed E-state index contributed by atoms with van der Waals surface area (Å²) >= 11 is 0. The molecule has 1 unspecified atom stereocenters. The Balaban J connectivity index is 1.40. The van der Waals surface area contributed by atoms with Crippen LogP contribution < -0.4 is 11.1 Å². The number of aromatic nitrogens is 6. The number of nitrogen functional groups attached to an aromatic ring is 1. The molecule has 0 saturated heterocycles. The lowest BCUT2D eigenvalue weighted by atomic mass is 9.62. The quantitative estimate of drug-likeness (QED) is 0.335. The van der Waals surface area contributed by atoms with E-state index in [4.69, 9.17) is 15.2 Å². The zero-order chi connectivity index (χ0) is 25.3. The fraction of sp³-hybridized carbons (Fsp3) is 0.385. The van der Waals surface area contributed by atoms with E-state index < -0.39 is 11.0 Å². The van der Waals surface area contributed by atoms with Crippen LogP contribution in [-0.2, 0) is 5.41 Å². The van der Waals surface area contributed by atoms with E-state index >= 15 is 0 Å². The van der Waals surface area contributed by atoms with Crippen molar-refractivity contribution in [3.8, 4) is 22.7 Å². The summed E-state index contributed by atoms with van der Waals surface area (Å²) in [4.78, 5) is 21.7. The number of nitrogens with two attached hydrogens (primary N) is 1. The van der Waals surface area contributed by atoms with Gasteiger partial charge in [0.1, 0.15) is 11.5 Å². The predicted molar refractivity (Wildman–Crippen MR) is 136 cm³/mol. The molecule has 3 heterocycles. The first-order chi connectivity index (χ1) is 17.2. The molecule has 0 radical (unpaired) electrons. The number of nitrogens with one attached hydrogen (secondary N) is 1. The zero-order valence-electron chi connectivity index (χ0n) is 20.6. The first kappa shape index (κ1) is 23.8. The number of anilines is 2. The molecule has 186 valence electrons. The maximum Gasteiger partial charge on any atom is 0.278 e. The fourth-order valence-corrected chi connectivity index (χ4v) is 4.40. The summed E-state index contributed by atoms with van der Waals surface area (Å²) in [7, 11) is 0. The van der Waals surface area contributed by atoms with Crippen molar-refractivity contribution in [3.05, 3.63) is 60.4 Å². The van der Waals surface area contributed by atoms with Gasteiger partial charge in [0.2, 0.25) is 5.95 Å². The van der Waals surface area contributed by atoms with Gasteiger partial charge >= 0.3 is 0 Å². The average Bonchev–Trinajstić information content (AvgIpc) is 3.33. The standard InChI is InChI=1S/C26H30N8O2/c1-25(2,35)15-32-21-14-28-20(13-29-21)22-33-23(34-36-22)26(3,18-5-4-6-18)19-9-7-16(8-10-19)17-11-30-24(27)31-12-17/h7-14,18,35H,4-6,15H2,1-3H3,(H,29,32)(H2,27,30,31). The van der Waals surface area contributed by atoms with Gasteiger partial charge in [-0.25, -0.2) is 19.9 Å². The average molecular weight is 487 g/mol. The van der Waals surface area contributed by atoms with E-state index in [0.717, 1.165) is 29.5 Å². The molecular formula is C26H30N8O2. The molecule has 5 rings (SSSR count). The Hall–Kier alpha value is -3.92. The molecule has 4 N–H and O–H groups in total. The number of benzene rings is 1. The molecule has 1 atom stereocenters. The Labute approximate surface area is 209 Å². The van der Waals surface area contributed by atoms with Gasteiger partial charge in [-0.05, 0) is 50.7 Å². The van der Waals surface area contributed by atoms with Crippen molar-refractivity contribution < 1.29 is 9.63 Å². The van der Waals surface area contributed by atoms with Gasteiger partial charge < -0.3 is 20.7 Å². The highest BCUT2D eigenvalue weighted by Gasteiger charge is 2.44. The van der Waals surface area contributed by atoms with Crippen LogP contribution in [0, 0.1) is 5.92 Å². The Morgan fingerprint density at radius 1 is 0.972 bits per heavy atom. The molecular weight excluding hydrogens is 456 g/mol. The third-order valence-electron chi connectivity index (χ3n) is 6.88. The molecule has 1 aliphatic carbocycles. The third-order valence-corrected chi connectivity index (χ3v) is 6.88. The van der Waals surface area contributed by atoms with Crippen molar-refractivity contribution in [2.45, 2.75) is 51.0 Å². The van der Waals surface area contributed by atoms with Crippen molar-refractivity contribution in [1.82, 2.24) is 30.1 Å². The van der Waals surface area contributed by atoms with Crippen LogP contribution in [-0.4, -0.2) is 47.3 Å². The van der Waals surface area contributed by atoms with Crippen LogP contribution in [0.3, 0.4) is 0 Å². The van der Waals surface area contributed by atoms with Gasteiger partial charge in [0, 0.05) is 24.5 Å². The summed E-state index contributed by atoms with van der Waals surface area (Å²) in [5.74, 6) is 2.19. The molecule has 0 aliphatic heterocycles. The van der Waals surface area contributed by atoms with Crippen molar-refractivity contribution in [3.63, 3.8) is 0 Å². The topological polar surface area (TPSA) is 149 Å². The van der Waals surface area contributed by atoms with Crippen LogP contribution in [0.2, 0.25) is 0 Å². The number of hydrogen-bond acceptors (Lipinski definition) is 10. The maximum atomic E-state index is 9.88. The van der Waals surface area contributed by atoms with Crippen LogP contribution in [0.1, 0.15) is 51.4 Å². The Bertz CT molecular complexity index is 1310. The smallest absolute Gasteiger partial charge is 0.278 e. The number of nitrogens with zero attached hydrogens (tertiary/aromatic N) is 6. The third kappa shape index (κ3) is 4.76. The van der Waals surface area contributed by atoms with Crippen LogP contribution in [0.25, 0.3) is 22.7 Å². The van der Waals surface area contributed by atoms with E-state index in [9.17, 15) is 5.11 Å². The van der Waals surface area contributed by atoms with Gasteiger partial charge in [0.25, 0.3) is 5.89 Å². The summed E-state index contributed by atoms with van der Waals surface area (Å²) < 4.78 is 5.64. The van der Waals surface area contributed by atoms with E-state index in [-0.39, 0.29) is 5.95 Å². The normalized spacial score (nSPS) is 15.8. The summed E-state index contributed by atoms with van der Waals surface area (Å²) in [6.45, 7) is 5.99. The van der Waals surface area contributed by atoms with Gasteiger partial charge in [-0.15, -0.1) is 0 Å². The van der Waals surface area contributed by atoms with Crippen molar-refractivity contribution in [1.29, 1.82) is 0 Å².